The molecule has 1 saturated heterocycles. The molecule has 90 valence electrons. The first-order valence-electron chi connectivity index (χ1n) is 6.18. The average Bonchev–Trinajstić information content (AvgIpc) is 2.66. The number of benzene rings is 1. The van der Waals surface area contributed by atoms with Crippen molar-refractivity contribution < 1.29 is 14.6 Å². The third kappa shape index (κ3) is 1.84. The molecule has 1 aliphatic carbocycles. The molecule has 2 aliphatic rings. The average molecular weight is 232 g/mol. The second-order valence-electron chi connectivity index (χ2n) is 4.99. The van der Waals surface area contributed by atoms with E-state index in [9.17, 15) is 9.90 Å². The van der Waals surface area contributed by atoms with Crippen LogP contribution in [-0.2, 0) is 16.0 Å². The van der Waals surface area contributed by atoms with Gasteiger partial charge in [0.1, 0.15) is 0 Å². The summed E-state index contributed by atoms with van der Waals surface area (Å²) in [5, 5.41) is 10.2. The van der Waals surface area contributed by atoms with Crippen molar-refractivity contribution in [1.82, 2.24) is 0 Å². The molecule has 17 heavy (non-hydrogen) atoms. The maximum Gasteiger partial charge on any atom is 0.309 e. The zero-order chi connectivity index (χ0) is 11.8. The summed E-state index contributed by atoms with van der Waals surface area (Å²) in [6.07, 6.45) is 1.86. The van der Waals surface area contributed by atoms with Crippen LogP contribution in [0.1, 0.15) is 30.1 Å². The highest BCUT2D eigenvalue weighted by atomic mass is 16.5. The molecule has 1 heterocycles. The maximum absolute atomic E-state index is 11.6. The van der Waals surface area contributed by atoms with Gasteiger partial charge < -0.3 is 9.84 Å². The standard InChI is InChI=1S/C14H16O3/c15-13-7-12-10(8-17-14(12)16)6-5-9-3-1-2-4-11(9)13/h1-4,10,12-13,15H,5-8H2/t10-,12+,13+/m0/s1. The minimum absolute atomic E-state index is 0.113. The molecule has 1 aromatic rings. The Hall–Kier alpha value is -1.35. The highest BCUT2D eigenvalue weighted by Crippen LogP contribution is 2.37. The Bertz CT molecular complexity index is 441. The highest BCUT2D eigenvalue weighted by Gasteiger charge is 2.39. The molecule has 1 fully saturated rings. The number of aliphatic hydroxyl groups excluding tert-OH is 1. The monoisotopic (exact) mass is 232 g/mol. The third-order valence-corrected chi connectivity index (χ3v) is 3.99. The molecule has 0 saturated carbocycles. The minimum Gasteiger partial charge on any atom is -0.465 e. The summed E-state index contributed by atoms with van der Waals surface area (Å²) in [6.45, 7) is 0.526. The minimum atomic E-state index is -0.537. The lowest BCUT2D eigenvalue weighted by atomic mass is 9.80. The van der Waals surface area contributed by atoms with Crippen molar-refractivity contribution in [2.75, 3.05) is 6.61 Å². The van der Waals surface area contributed by atoms with Gasteiger partial charge >= 0.3 is 5.97 Å². The Morgan fingerprint density at radius 2 is 2.12 bits per heavy atom. The molecule has 3 atom stereocenters. The fraction of sp³-hybridized carbons (Fsp3) is 0.500. The van der Waals surface area contributed by atoms with Crippen LogP contribution in [0.5, 0.6) is 0 Å². The molecule has 0 spiro atoms. The van der Waals surface area contributed by atoms with Crippen molar-refractivity contribution >= 4 is 5.97 Å². The van der Waals surface area contributed by atoms with Crippen LogP contribution in [0.4, 0.5) is 0 Å². The van der Waals surface area contributed by atoms with Crippen LogP contribution in [0.3, 0.4) is 0 Å². The number of aryl methyl sites for hydroxylation is 1. The molecular formula is C14H16O3. The second kappa shape index (κ2) is 4.15. The van der Waals surface area contributed by atoms with Crippen LogP contribution in [0.2, 0.25) is 0 Å². The van der Waals surface area contributed by atoms with E-state index in [4.69, 9.17) is 4.74 Å². The van der Waals surface area contributed by atoms with Gasteiger partial charge in [0.25, 0.3) is 0 Å². The summed E-state index contributed by atoms with van der Waals surface area (Å²) in [7, 11) is 0. The summed E-state index contributed by atoms with van der Waals surface area (Å²) < 4.78 is 5.11. The predicted molar refractivity (Wildman–Crippen MR) is 62.3 cm³/mol. The molecule has 0 aromatic heterocycles. The number of hydrogen-bond donors (Lipinski definition) is 1. The zero-order valence-electron chi connectivity index (χ0n) is 9.63. The van der Waals surface area contributed by atoms with E-state index < -0.39 is 6.10 Å². The number of carbonyl (C=O) groups excluding carboxylic acids is 1. The van der Waals surface area contributed by atoms with Crippen LogP contribution in [0, 0.1) is 11.8 Å². The number of aliphatic hydroxyl groups is 1. The lowest BCUT2D eigenvalue weighted by Gasteiger charge is -2.24. The number of esters is 1. The van der Waals surface area contributed by atoms with E-state index in [1.165, 1.54) is 5.56 Å². The molecule has 3 rings (SSSR count). The van der Waals surface area contributed by atoms with Crippen molar-refractivity contribution in [2.24, 2.45) is 11.8 Å². The lowest BCUT2D eigenvalue weighted by molar-refractivity contribution is -0.142. The zero-order valence-corrected chi connectivity index (χ0v) is 9.63. The van der Waals surface area contributed by atoms with E-state index in [2.05, 4.69) is 6.07 Å². The Balaban J connectivity index is 1.93. The van der Waals surface area contributed by atoms with Gasteiger partial charge in [0.2, 0.25) is 0 Å². The summed E-state index contributed by atoms with van der Waals surface area (Å²) >= 11 is 0. The molecular weight excluding hydrogens is 216 g/mol. The van der Waals surface area contributed by atoms with Crippen LogP contribution in [0.15, 0.2) is 24.3 Å². The number of fused-ring (bicyclic) bond motifs is 2. The molecule has 0 amide bonds. The normalized spacial score (nSPS) is 32.1. The van der Waals surface area contributed by atoms with Gasteiger partial charge in [-0.15, -0.1) is 0 Å². The SMILES string of the molecule is O=C1OC[C@@H]2CCc3ccccc3[C@H](O)C[C@@H]12. The first-order chi connectivity index (χ1) is 8.25. The molecule has 3 nitrogen and oxygen atoms in total. The van der Waals surface area contributed by atoms with Crippen LogP contribution in [0.25, 0.3) is 0 Å². The Labute approximate surface area is 100 Å². The first kappa shape index (κ1) is 10.8. The van der Waals surface area contributed by atoms with Crippen LogP contribution < -0.4 is 0 Å². The third-order valence-electron chi connectivity index (χ3n) is 3.99. The van der Waals surface area contributed by atoms with Gasteiger partial charge in [-0.25, -0.2) is 0 Å². The Morgan fingerprint density at radius 1 is 1.29 bits per heavy atom. The maximum atomic E-state index is 11.6. The van der Waals surface area contributed by atoms with E-state index in [0.717, 1.165) is 18.4 Å². The van der Waals surface area contributed by atoms with Gasteiger partial charge in [-0.3, -0.25) is 4.79 Å². The van der Waals surface area contributed by atoms with E-state index >= 15 is 0 Å². The van der Waals surface area contributed by atoms with Crippen molar-refractivity contribution in [3.63, 3.8) is 0 Å². The molecule has 3 heteroatoms. The van der Waals surface area contributed by atoms with Gasteiger partial charge in [0.05, 0.1) is 18.6 Å². The van der Waals surface area contributed by atoms with Crippen LogP contribution in [-0.4, -0.2) is 17.7 Å². The summed E-state index contributed by atoms with van der Waals surface area (Å²) in [4.78, 5) is 11.6. The van der Waals surface area contributed by atoms with E-state index in [-0.39, 0.29) is 17.8 Å². The summed E-state index contributed by atoms with van der Waals surface area (Å²) in [5.41, 5.74) is 2.18. The highest BCUT2D eigenvalue weighted by molar-refractivity contribution is 5.74. The number of ether oxygens (including phenoxy) is 1. The summed E-state index contributed by atoms with van der Waals surface area (Å²) in [6, 6.07) is 7.96. The number of hydrogen-bond acceptors (Lipinski definition) is 3. The van der Waals surface area contributed by atoms with Crippen molar-refractivity contribution in [3.8, 4) is 0 Å². The number of cyclic esters (lactones) is 1. The van der Waals surface area contributed by atoms with Crippen molar-refractivity contribution in [2.45, 2.75) is 25.4 Å². The van der Waals surface area contributed by atoms with Crippen molar-refractivity contribution in [1.29, 1.82) is 0 Å². The van der Waals surface area contributed by atoms with Crippen molar-refractivity contribution in [3.05, 3.63) is 35.4 Å². The molecule has 1 aliphatic heterocycles. The Morgan fingerprint density at radius 3 is 3.00 bits per heavy atom. The van der Waals surface area contributed by atoms with E-state index in [1.54, 1.807) is 0 Å². The molecule has 0 bridgehead atoms. The lowest BCUT2D eigenvalue weighted by Crippen LogP contribution is -2.22. The first-order valence-corrected chi connectivity index (χ1v) is 6.18. The number of rotatable bonds is 0. The van der Waals surface area contributed by atoms with Gasteiger partial charge in [0.15, 0.2) is 0 Å². The molecule has 1 N–H and O–H groups in total. The topological polar surface area (TPSA) is 46.5 Å². The largest absolute Gasteiger partial charge is 0.465 e. The number of carbonyl (C=O) groups is 1. The van der Waals surface area contributed by atoms with E-state index in [0.29, 0.717) is 13.0 Å². The quantitative estimate of drug-likeness (QED) is 0.694. The van der Waals surface area contributed by atoms with Gasteiger partial charge in [-0.05, 0) is 30.4 Å². The van der Waals surface area contributed by atoms with Gasteiger partial charge in [-0.2, -0.15) is 0 Å². The van der Waals surface area contributed by atoms with E-state index in [1.807, 2.05) is 18.2 Å². The van der Waals surface area contributed by atoms with Gasteiger partial charge in [-0.1, -0.05) is 24.3 Å². The van der Waals surface area contributed by atoms with Crippen LogP contribution >= 0.6 is 0 Å². The smallest absolute Gasteiger partial charge is 0.309 e. The molecule has 1 aromatic carbocycles. The van der Waals surface area contributed by atoms with Gasteiger partial charge in [0, 0.05) is 5.92 Å². The Kier molecular flexibility index (Phi) is 2.63. The fourth-order valence-electron chi connectivity index (χ4n) is 2.97. The fourth-order valence-corrected chi connectivity index (χ4v) is 2.97. The predicted octanol–water partition coefficient (Wildman–Crippen LogP) is 1.85. The summed E-state index contributed by atoms with van der Waals surface area (Å²) in [5.74, 6) is 0.0392. The second-order valence-corrected chi connectivity index (χ2v) is 4.99. The molecule has 0 unspecified atom stereocenters. The molecule has 0 radical (unpaired) electrons.